The van der Waals surface area contributed by atoms with Crippen molar-refractivity contribution >= 4 is 23.6 Å². The van der Waals surface area contributed by atoms with Crippen LogP contribution in [0.3, 0.4) is 0 Å². The van der Waals surface area contributed by atoms with Gasteiger partial charge in [0.2, 0.25) is 11.8 Å². The normalized spacial score (nSPS) is 11.7. The minimum atomic E-state index is -0.499. The molecule has 2 amide bonds. The molecule has 1 N–H and O–H groups in total. The van der Waals surface area contributed by atoms with Crippen molar-refractivity contribution in [2.45, 2.75) is 57.5 Å². The molecule has 0 aliphatic carbocycles. The average molecular weight is 413 g/mol. The van der Waals surface area contributed by atoms with Gasteiger partial charge in [0, 0.05) is 30.2 Å². The fourth-order valence-corrected chi connectivity index (χ4v) is 3.90. The van der Waals surface area contributed by atoms with Gasteiger partial charge in [0.05, 0.1) is 0 Å². The van der Waals surface area contributed by atoms with E-state index in [9.17, 15) is 9.59 Å². The first-order valence-corrected chi connectivity index (χ1v) is 11.3. The highest BCUT2D eigenvalue weighted by atomic mass is 32.2. The van der Waals surface area contributed by atoms with Gasteiger partial charge in [-0.15, -0.1) is 11.8 Å². The second-order valence-corrected chi connectivity index (χ2v) is 8.41. The molecule has 0 saturated heterocycles. The van der Waals surface area contributed by atoms with Crippen LogP contribution in [0.15, 0.2) is 59.5 Å². The molecule has 0 heterocycles. The van der Waals surface area contributed by atoms with Crippen LogP contribution in [-0.4, -0.2) is 35.1 Å². The summed E-state index contributed by atoms with van der Waals surface area (Å²) in [6.07, 6.45) is 2.37. The quantitative estimate of drug-likeness (QED) is 0.426. The molecule has 0 aliphatic rings. The molecule has 156 valence electrons. The molecule has 2 aromatic rings. The summed E-state index contributed by atoms with van der Waals surface area (Å²) >= 11 is 1.66. The first kappa shape index (κ1) is 23.0. The lowest BCUT2D eigenvalue weighted by atomic mass is 10.1. The Morgan fingerprint density at radius 1 is 1.10 bits per heavy atom. The summed E-state index contributed by atoms with van der Waals surface area (Å²) in [5.74, 6) is 0.611. The van der Waals surface area contributed by atoms with E-state index in [2.05, 4.69) is 18.3 Å². The van der Waals surface area contributed by atoms with Gasteiger partial charge in [-0.05, 0) is 38.0 Å². The van der Waals surface area contributed by atoms with Crippen LogP contribution in [0.2, 0.25) is 0 Å². The molecule has 4 nitrogen and oxygen atoms in total. The van der Waals surface area contributed by atoms with Crippen LogP contribution in [0, 0.1) is 6.92 Å². The maximum absolute atomic E-state index is 13.0. The zero-order valence-corrected chi connectivity index (χ0v) is 18.5. The van der Waals surface area contributed by atoms with E-state index in [0.29, 0.717) is 25.3 Å². The molecule has 2 aromatic carbocycles. The minimum absolute atomic E-state index is 0.00748. The van der Waals surface area contributed by atoms with Crippen molar-refractivity contribution in [1.82, 2.24) is 10.2 Å². The second-order valence-electron chi connectivity index (χ2n) is 7.24. The molecule has 0 aliphatic heterocycles. The Morgan fingerprint density at radius 3 is 2.55 bits per heavy atom. The maximum Gasteiger partial charge on any atom is 0.242 e. The van der Waals surface area contributed by atoms with Crippen LogP contribution in [0.1, 0.15) is 44.2 Å². The van der Waals surface area contributed by atoms with Gasteiger partial charge in [0.1, 0.15) is 6.04 Å². The Kier molecular flexibility index (Phi) is 9.78. The lowest BCUT2D eigenvalue weighted by molar-refractivity contribution is -0.140. The SMILES string of the molecule is CCCCNC(=O)[C@H](C)N(Cc1cccc(C)c1)C(=O)CCSc1ccccc1. The number of nitrogens with zero attached hydrogens (tertiary/aromatic N) is 1. The van der Waals surface area contributed by atoms with E-state index in [1.54, 1.807) is 16.7 Å². The zero-order chi connectivity index (χ0) is 21.1. The van der Waals surface area contributed by atoms with Crippen molar-refractivity contribution in [1.29, 1.82) is 0 Å². The summed E-state index contributed by atoms with van der Waals surface area (Å²) < 4.78 is 0. The molecule has 2 rings (SSSR count). The average Bonchev–Trinajstić information content (AvgIpc) is 2.72. The van der Waals surface area contributed by atoms with E-state index in [-0.39, 0.29) is 11.8 Å². The number of amides is 2. The van der Waals surface area contributed by atoms with Crippen LogP contribution >= 0.6 is 11.8 Å². The molecule has 29 heavy (non-hydrogen) atoms. The third-order valence-electron chi connectivity index (χ3n) is 4.76. The van der Waals surface area contributed by atoms with Crippen LogP contribution in [0.4, 0.5) is 0 Å². The van der Waals surface area contributed by atoms with E-state index in [1.165, 1.54) is 0 Å². The Balaban J connectivity index is 2.03. The number of benzene rings is 2. The monoisotopic (exact) mass is 412 g/mol. The molecule has 0 saturated carbocycles. The van der Waals surface area contributed by atoms with Crippen molar-refractivity contribution in [3.8, 4) is 0 Å². The van der Waals surface area contributed by atoms with E-state index in [4.69, 9.17) is 0 Å². The van der Waals surface area contributed by atoms with Gasteiger partial charge >= 0.3 is 0 Å². The van der Waals surface area contributed by atoms with Gasteiger partial charge in [0.15, 0.2) is 0 Å². The Hall–Kier alpha value is -2.27. The fourth-order valence-electron chi connectivity index (χ4n) is 3.04. The number of carbonyl (C=O) groups is 2. The third kappa shape index (κ3) is 7.94. The standard InChI is InChI=1S/C24H32N2O2S/c1-4-5-15-25-24(28)20(3)26(18-21-11-9-10-19(2)17-21)23(27)14-16-29-22-12-7-6-8-13-22/h6-13,17,20H,4-5,14-16,18H2,1-3H3,(H,25,28)/t20-/m0/s1. The van der Waals surface area contributed by atoms with Crippen LogP contribution < -0.4 is 5.32 Å². The first-order chi connectivity index (χ1) is 14.0. The number of aryl methyl sites for hydroxylation is 1. The summed E-state index contributed by atoms with van der Waals surface area (Å²) in [5, 5.41) is 2.96. The van der Waals surface area contributed by atoms with Crippen LogP contribution in [-0.2, 0) is 16.1 Å². The van der Waals surface area contributed by atoms with Gasteiger partial charge in [-0.25, -0.2) is 0 Å². The summed E-state index contributed by atoms with van der Waals surface area (Å²) in [6, 6.07) is 17.7. The number of thioether (sulfide) groups is 1. The van der Waals surface area contributed by atoms with Gasteiger partial charge in [-0.3, -0.25) is 9.59 Å². The Morgan fingerprint density at radius 2 is 1.86 bits per heavy atom. The molecular weight excluding hydrogens is 380 g/mol. The zero-order valence-electron chi connectivity index (χ0n) is 17.7. The number of carbonyl (C=O) groups excluding carboxylic acids is 2. The molecule has 0 radical (unpaired) electrons. The highest BCUT2D eigenvalue weighted by Gasteiger charge is 2.25. The van der Waals surface area contributed by atoms with E-state index < -0.39 is 6.04 Å². The first-order valence-electron chi connectivity index (χ1n) is 10.3. The van der Waals surface area contributed by atoms with Crippen molar-refractivity contribution in [3.05, 3.63) is 65.7 Å². The van der Waals surface area contributed by atoms with Gasteiger partial charge in [-0.1, -0.05) is 61.4 Å². The highest BCUT2D eigenvalue weighted by Crippen LogP contribution is 2.19. The predicted molar refractivity (Wildman–Crippen MR) is 121 cm³/mol. The Labute approximate surface area is 179 Å². The van der Waals surface area contributed by atoms with Crippen molar-refractivity contribution < 1.29 is 9.59 Å². The fraction of sp³-hybridized carbons (Fsp3) is 0.417. The summed E-state index contributed by atoms with van der Waals surface area (Å²) in [5.41, 5.74) is 2.19. The highest BCUT2D eigenvalue weighted by molar-refractivity contribution is 7.99. The Bertz CT molecular complexity index is 779. The van der Waals surface area contributed by atoms with Crippen LogP contribution in [0.25, 0.3) is 0 Å². The van der Waals surface area contributed by atoms with E-state index in [0.717, 1.165) is 28.9 Å². The number of hydrogen-bond acceptors (Lipinski definition) is 3. The molecule has 0 fully saturated rings. The number of nitrogens with one attached hydrogen (secondary N) is 1. The second kappa shape index (κ2) is 12.3. The van der Waals surface area contributed by atoms with Crippen molar-refractivity contribution in [3.63, 3.8) is 0 Å². The summed E-state index contributed by atoms with van der Waals surface area (Å²) in [6.45, 7) is 7.04. The number of hydrogen-bond donors (Lipinski definition) is 1. The largest absolute Gasteiger partial charge is 0.354 e. The smallest absolute Gasteiger partial charge is 0.242 e. The summed E-state index contributed by atoms with van der Waals surface area (Å²) in [7, 11) is 0. The van der Waals surface area contributed by atoms with Crippen LogP contribution in [0.5, 0.6) is 0 Å². The van der Waals surface area contributed by atoms with Gasteiger partial charge in [0.25, 0.3) is 0 Å². The van der Waals surface area contributed by atoms with Gasteiger partial charge in [-0.2, -0.15) is 0 Å². The number of rotatable bonds is 11. The molecule has 0 unspecified atom stereocenters. The lowest BCUT2D eigenvalue weighted by Gasteiger charge is -2.29. The van der Waals surface area contributed by atoms with Gasteiger partial charge < -0.3 is 10.2 Å². The molecule has 0 aromatic heterocycles. The molecule has 1 atom stereocenters. The minimum Gasteiger partial charge on any atom is -0.354 e. The van der Waals surface area contributed by atoms with Crippen molar-refractivity contribution in [2.75, 3.05) is 12.3 Å². The molecular formula is C24H32N2O2S. The van der Waals surface area contributed by atoms with E-state index >= 15 is 0 Å². The molecule has 5 heteroatoms. The van der Waals surface area contributed by atoms with Crippen molar-refractivity contribution in [2.24, 2.45) is 0 Å². The van der Waals surface area contributed by atoms with E-state index in [1.807, 2.05) is 62.4 Å². The molecule has 0 bridgehead atoms. The third-order valence-corrected chi connectivity index (χ3v) is 5.77. The number of unbranched alkanes of at least 4 members (excludes halogenated alkanes) is 1. The topological polar surface area (TPSA) is 49.4 Å². The maximum atomic E-state index is 13.0. The summed E-state index contributed by atoms with van der Waals surface area (Å²) in [4.78, 5) is 28.5. The lowest BCUT2D eigenvalue weighted by Crippen LogP contribution is -2.47. The predicted octanol–water partition coefficient (Wildman–Crippen LogP) is 4.81. The molecule has 0 spiro atoms.